The van der Waals surface area contributed by atoms with Crippen LogP contribution in [0.2, 0.25) is 0 Å². The molecule has 0 aliphatic heterocycles. The predicted octanol–water partition coefficient (Wildman–Crippen LogP) is 0.0346. The van der Waals surface area contributed by atoms with Crippen LogP contribution in [0, 0.1) is 5.41 Å². The molecule has 0 bridgehead atoms. The number of rotatable bonds is 3. The highest BCUT2D eigenvalue weighted by Gasteiger charge is 1.83. The summed E-state index contributed by atoms with van der Waals surface area (Å²) in [5, 5.41) is 6.63. The third kappa shape index (κ3) is 3.56. The van der Waals surface area contributed by atoms with Crippen molar-refractivity contribution >= 4 is 5.87 Å². The average Bonchev–Trinajstić information content (AvgIpc) is 1.83. The van der Waals surface area contributed by atoms with Crippen LogP contribution in [0.5, 0.6) is 0 Å². The molecule has 0 spiro atoms. The van der Waals surface area contributed by atoms with Crippen molar-refractivity contribution in [3.63, 3.8) is 0 Å². The predicted molar refractivity (Wildman–Crippen MR) is 33.7 cm³/mol. The fraction of sp³-hybridized carbons (Fsp3) is 0.600. The summed E-state index contributed by atoms with van der Waals surface area (Å²) in [6.07, 6.45) is 0.806. The minimum atomic E-state index is 0.720. The Morgan fingerprint density at radius 2 is 2.50 bits per heavy atom. The van der Waals surface area contributed by atoms with E-state index >= 15 is 0 Å². The van der Waals surface area contributed by atoms with E-state index in [-0.39, 0.29) is 0 Å². The van der Waals surface area contributed by atoms with Crippen LogP contribution in [0.25, 0.3) is 0 Å². The van der Waals surface area contributed by atoms with Gasteiger partial charge in [-0.1, -0.05) is 0 Å². The van der Waals surface area contributed by atoms with E-state index in [1.54, 1.807) is 0 Å². The van der Waals surface area contributed by atoms with E-state index in [0.29, 0.717) is 0 Å². The maximum absolute atomic E-state index is 6.63. The lowest BCUT2D eigenvalue weighted by Crippen LogP contribution is -2.22. The number of nitrogens with two attached hydrogens (primary N) is 1. The summed E-state index contributed by atoms with van der Waals surface area (Å²) in [4.78, 5) is 0. The van der Waals surface area contributed by atoms with Crippen LogP contribution in [-0.2, 0) is 0 Å². The first-order valence-electron chi connectivity index (χ1n) is 2.50. The molecule has 0 heterocycles. The quantitative estimate of drug-likeness (QED) is 0.275. The second kappa shape index (κ2) is 4.53. The monoisotopic (exact) mass is 113 g/mol. The summed E-state index contributed by atoms with van der Waals surface area (Å²) in [6.45, 7) is 2.57. The molecule has 3 nitrogen and oxygen atoms in total. The zero-order chi connectivity index (χ0) is 6.41. The Bertz CT molecular complexity index is 102. The molecule has 0 saturated carbocycles. The minimum absolute atomic E-state index is 0.720. The Balaban J connectivity index is 3.26. The molecule has 0 aliphatic rings. The zero-order valence-electron chi connectivity index (χ0n) is 4.99. The molecular weight excluding hydrogens is 102 g/mol. The van der Waals surface area contributed by atoms with Crippen LogP contribution in [0.1, 0.15) is 13.3 Å². The van der Waals surface area contributed by atoms with Crippen LogP contribution >= 0.6 is 0 Å². The van der Waals surface area contributed by atoms with Crippen molar-refractivity contribution in [1.82, 2.24) is 5.43 Å². The van der Waals surface area contributed by atoms with E-state index < -0.39 is 0 Å². The Morgan fingerprint density at radius 1 is 1.88 bits per heavy atom. The summed E-state index contributed by atoms with van der Waals surface area (Å²) in [6, 6.07) is 0. The summed E-state index contributed by atoms with van der Waals surface area (Å²) < 4.78 is 0. The van der Waals surface area contributed by atoms with E-state index in [9.17, 15) is 0 Å². The Labute approximate surface area is 49.1 Å². The van der Waals surface area contributed by atoms with E-state index in [4.69, 9.17) is 11.3 Å². The Hall–Kier alpha value is -0.630. The first kappa shape index (κ1) is 7.37. The molecule has 0 aliphatic carbocycles. The lowest BCUT2D eigenvalue weighted by atomic mass is 10.2. The molecule has 0 radical (unpaired) electrons. The third-order valence-corrected chi connectivity index (χ3v) is 0.858. The molecule has 0 atom stereocenters. The van der Waals surface area contributed by atoms with E-state index in [2.05, 4.69) is 11.3 Å². The van der Waals surface area contributed by atoms with Crippen molar-refractivity contribution in [3.8, 4) is 0 Å². The average molecular weight is 113 g/mol. The van der Waals surface area contributed by atoms with Gasteiger partial charge in [0.1, 0.15) is 0 Å². The lowest BCUT2D eigenvalue weighted by molar-refractivity contribution is 0.727. The number of hydrogen-bond donors (Lipinski definition) is 3. The smallest absolute Gasteiger partial charge is 0.0141 e. The van der Waals surface area contributed by atoms with Gasteiger partial charge in [-0.25, -0.2) is 0 Å². The first-order valence-corrected chi connectivity index (χ1v) is 2.50. The molecule has 0 amide bonds. The van der Waals surface area contributed by atoms with Crippen LogP contribution in [-0.4, -0.2) is 12.4 Å². The summed E-state index contributed by atoms with van der Waals surface area (Å²) in [5.74, 6) is 7.25. The van der Waals surface area contributed by atoms with Gasteiger partial charge in [-0.3, -0.25) is 16.7 Å². The normalized spacial score (nSPS) is 8.25. The van der Waals surface area contributed by atoms with Gasteiger partial charge < -0.3 is 0 Å². The van der Waals surface area contributed by atoms with Gasteiger partial charge in [-0.2, -0.15) is 0 Å². The summed E-state index contributed by atoms with van der Waals surface area (Å²) in [7, 11) is 0. The largest absolute Gasteiger partial charge is 0.271 e. The zero-order valence-corrected chi connectivity index (χ0v) is 4.99. The fourth-order valence-corrected chi connectivity index (χ4v) is 0.322. The van der Waals surface area contributed by atoms with Gasteiger partial charge in [0.25, 0.3) is 0 Å². The van der Waals surface area contributed by atoms with Crippen molar-refractivity contribution in [2.75, 3.05) is 6.54 Å². The van der Waals surface area contributed by atoms with Gasteiger partial charge >= 0.3 is 0 Å². The molecule has 0 aromatic heterocycles. The summed E-state index contributed by atoms with van der Waals surface area (Å²) in [5.41, 5.74) is 3.41. The number of nitrogens with one attached hydrogen (secondary N) is 2. The van der Waals surface area contributed by atoms with Crippen LogP contribution in [0.15, 0.2) is 5.57 Å². The second-order valence-corrected chi connectivity index (χ2v) is 1.61. The van der Waals surface area contributed by atoms with E-state index in [1.165, 1.54) is 0 Å². The fourth-order valence-electron chi connectivity index (χ4n) is 0.322. The molecule has 0 unspecified atom stereocenters. The lowest BCUT2D eigenvalue weighted by Gasteiger charge is -1.93. The van der Waals surface area contributed by atoms with Gasteiger partial charge in [0.2, 0.25) is 0 Å². The van der Waals surface area contributed by atoms with Gasteiger partial charge in [0.05, 0.1) is 0 Å². The minimum Gasteiger partial charge on any atom is -0.271 e. The molecule has 8 heavy (non-hydrogen) atoms. The highest BCUT2D eigenvalue weighted by Crippen LogP contribution is 1.88. The first-order chi connectivity index (χ1) is 3.81. The Kier molecular flexibility index (Phi) is 4.17. The van der Waals surface area contributed by atoms with Gasteiger partial charge in [-0.15, -0.1) is 0 Å². The number of hydrogen-bond acceptors (Lipinski definition) is 3. The van der Waals surface area contributed by atoms with Gasteiger partial charge in [-0.05, 0) is 24.8 Å². The third-order valence-electron chi connectivity index (χ3n) is 0.858. The Morgan fingerprint density at radius 3 is 2.88 bits per heavy atom. The van der Waals surface area contributed by atoms with Crippen molar-refractivity contribution in [2.45, 2.75) is 13.3 Å². The maximum Gasteiger partial charge on any atom is 0.0141 e. The number of hydrazine groups is 1. The van der Waals surface area contributed by atoms with E-state index in [1.807, 2.05) is 6.92 Å². The van der Waals surface area contributed by atoms with E-state index in [0.717, 1.165) is 18.5 Å². The molecule has 0 fully saturated rings. The molecule has 0 rings (SSSR count). The molecule has 0 saturated heterocycles. The van der Waals surface area contributed by atoms with Crippen molar-refractivity contribution in [3.05, 3.63) is 5.57 Å². The van der Waals surface area contributed by atoms with Crippen LogP contribution in [0.4, 0.5) is 0 Å². The van der Waals surface area contributed by atoms with Crippen molar-refractivity contribution in [1.29, 1.82) is 5.41 Å². The molecule has 3 heteroatoms. The molecule has 0 aromatic rings. The molecule has 4 N–H and O–H groups in total. The van der Waals surface area contributed by atoms with Gasteiger partial charge in [0.15, 0.2) is 0 Å². The van der Waals surface area contributed by atoms with Crippen LogP contribution in [0.3, 0.4) is 0 Å². The molecular formula is C5H11N3. The maximum atomic E-state index is 6.63. The SMILES string of the molecule is CC(=C=N)CCNN. The van der Waals surface area contributed by atoms with Crippen molar-refractivity contribution < 1.29 is 0 Å². The highest BCUT2D eigenvalue weighted by molar-refractivity contribution is 5.53. The second-order valence-electron chi connectivity index (χ2n) is 1.61. The summed E-state index contributed by atoms with van der Waals surface area (Å²) >= 11 is 0. The van der Waals surface area contributed by atoms with Gasteiger partial charge in [0, 0.05) is 6.54 Å². The standard InChI is InChI=1S/C5H11N3/c1-5(4-6)2-3-8-7/h6,8H,2-3,7H2,1H3. The van der Waals surface area contributed by atoms with Crippen molar-refractivity contribution in [2.24, 2.45) is 5.84 Å². The topological polar surface area (TPSA) is 61.9 Å². The molecule has 46 valence electrons. The molecule has 0 aromatic carbocycles. The highest BCUT2D eigenvalue weighted by atomic mass is 15.2. The van der Waals surface area contributed by atoms with Crippen LogP contribution < -0.4 is 11.3 Å².